The second kappa shape index (κ2) is 9.24. The molecule has 1 aliphatic rings. The summed E-state index contributed by atoms with van der Waals surface area (Å²) in [6, 6.07) is 11.7. The number of amides is 1. The Bertz CT molecular complexity index is 706. The number of likely N-dealkylation sites (tertiary alicyclic amines) is 1. The summed E-state index contributed by atoms with van der Waals surface area (Å²) in [5.74, 6) is 0.970. The third-order valence-corrected chi connectivity index (χ3v) is 5.26. The summed E-state index contributed by atoms with van der Waals surface area (Å²) in [7, 11) is 1.67. The molecular weight excluding hydrogens is 396 g/mol. The quantitative estimate of drug-likeness (QED) is 0.752. The fraction of sp³-hybridized carbons (Fsp3) is 0.450. The van der Waals surface area contributed by atoms with E-state index in [4.69, 9.17) is 9.15 Å². The maximum Gasteiger partial charge on any atom is 0.287 e. The van der Waals surface area contributed by atoms with Gasteiger partial charge < -0.3 is 14.5 Å². The van der Waals surface area contributed by atoms with E-state index in [0.29, 0.717) is 17.0 Å². The number of carbonyl (C=O) groups is 1. The molecule has 140 valence electrons. The summed E-state index contributed by atoms with van der Waals surface area (Å²) in [4.78, 5) is 14.9. The Labute approximate surface area is 162 Å². The highest BCUT2D eigenvalue weighted by atomic mass is 79.9. The summed E-state index contributed by atoms with van der Waals surface area (Å²) in [6.07, 6.45) is 4.95. The van der Waals surface area contributed by atoms with Gasteiger partial charge in [0.2, 0.25) is 0 Å². The van der Waals surface area contributed by atoms with E-state index in [0.717, 1.165) is 18.8 Å². The van der Waals surface area contributed by atoms with Crippen molar-refractivity contribution in [3.05, 3.63) is 52.4 Å². The van der Waals surface area contributed by atoms with Crippen molar-refractivity contribution >= 4 is 21.8 Å². The second-order valence-electron chi connectivity index (χ2n) is 6.55. The highest BCUT2D eigenvalue weighted by Crippen LogP contribution is 2.26. The molecule has 5 nitrogen and oxygen atoms in total. The number of benzene rings is 1. The number of nitrogens with one attached hydrogen (secondary N) is 1. The largest absolute Gasteiger partial charge is 0.497 e. The molecular formula is C20H25BrN2O3. The molecule has 1 saturated heterocycles. The molecule has 1 amide bonds. The molecule has 0 aliphatic carbocycles. The number of methoxy groups -OCH3 is 1. The van der Waals surface area contributed by atoms with Crippen LogP contribution >= 0.6 is 15.9 Å². The first-order valence-electron chi connectivity index (χ1n) is 9.09. The molecule has 1 N–H and O–H groups in total. The summed E-state index contributed by atoms with van der Waals surface area (Å²) in [5.41, 5.74) is 1.19. The lowest BCUT2D eigenvalue weighted by molar-refractivity contribution is 0.0904. The number of ether oxygens (including phenoxy) is 1. The van der Waals surface area contributed by atoms with Gasteiger partial charge in [-0.3, -0.25) is 9.69 Å². The zero-order chi connectivity index (χ0) is 18.4. The average Bonchev–Trinajstić information content (AvgIpc) is 2.93. The fourth-order valence-electron chi connectivity index (χ4n) is 3.40. The van der Waals surface area contributed by atoms with Gasteiger partial charge in [-0.15, -0.1) is 0 Å². The van der Waals surface area contributed by atoms with Crippen LogP contribution in [0.25, 0.3) is 0 Å². The summed E-state index contributed by atoms with van der Waals surface area (Å²) in [5, 5.41) is 3.03. The fourth-order valence-corrected chi connectivity index (χ4v) is 3.71. The van der Waals surface area contributed by atoms with Crippen LogP contribution in [-0.2, 0) is 0 Å². The highest BCUT2D eigenvalue weighted by molar-refractivity contribution is 9.10. The van der Waals surface area contributed by atoms with E-state index < -0.39 is 0 Å². The van der Waals surface area contributed by atoms with Crippen LogP contribution < -0.4 is 10.1 Å². The molecule has 0 spiro atoms. The van der Waals surface area contributed by atoms with Gasteiger partial charge in [-0.05, 0) is 71.7 Å². The first-order valence-corrected chi connectivity index (χ1v) is 9.88. The lowest BCUT2D eigenvalue weighted by atomic mass is 10.0. The van der Waals surface area contributed by atoms with Gasteiger partial charge in [-0.1, -0.05) is 25.0 Å². The van der Waals surface area contributed by atoms with Crippen LogP contribution in [-0.4, -0.2) is 37.6 Å². The molecule has 1 aromatic carbocycles. The van der Waals surface area contributed by atoms with Gasteiger partial charge in [0.15, 0.2) is 10.4 Å². The summed E-state index contributed by atoms with van der Waals surface area (Å²) >= 11 is 3.24. The van der Waals surface area contributed by atoms with Gasteiger partial charge in [0.25, 0.3) is 5.91 Å². The van der Waals surface area contributed by atoms with Crippen molar-refractivity contribution in [2.24, 2.45) is 0 Å². The SMILES string of the molecule is COc1ccc(C(CNC(=O)c2ccc(Br)o2)N2CCCCCC2)cc1. The zero-order valence-corrected chi connectivity index (χ0v) is 16.6. The third-order valence-electron chi connectivity index (χ3n) is 4.83. The molecule has 1 unspecified atom stereocenters. The number of furan rings is 1. The molecule has 0 saturated carbocycles. The maximum absolute atomic E-state index is 12.4. The Hall–Kier alpha value is -1.79. The van der Waals surface area contributed by atoms with Crippen LogP contribution in [0.1, 0.15) is 47.8 Å². The Morgan fingerprint density at radius 3 is 2.42 bits per heavy atom. The molecule has 1 atom stereocenters. The minimum absolute atomic E-state index is 0.140. The topological polar surface area (TPSA) is 54.7 Å². The predicted molar refractivity (Wildman–Crippen MR) is 105 cm³/mol. The van der Waals surface area contributed by atoms with Crippen molar-refractivity contribution in [2.75, 3.05) is 26.7 Å². The van der Waals surface area contributed by atoms with Gasteiger partial charge >= 0.3 is 0 Å². The van der Waals surface area contributed by atoms with Crippen LogP contribution in [0.2, 0.25) is 0 Å². The van der Waals surface area contributed by atoms with Crippen molar-refractivity contribution in [1.29, 1.82) is 0 Å². The average molecular weight is 421 g/mol. The molecule has 1 aromatic heterocycles. The number of hydrogen-bond donors (Lipinski definition) is 1. The predicted octanol–water partition coefficient (Wildman–Crippen LogP) is 4.40. The van der Waals surface area contributed by atoms with Gasteiger partial charge in [-0.25, -0.2) is 0 Å². The lowest BCUT2D eigenvalue weighted by Crippen LogP contribution is -2.38. The number of rotatable bonds is 6. The Morgan fingerprint density at radius 2 is 1.85 bits per heavy atom. The van der Waals surface area contributed by atoms with Crippen molar-refractivity contribution in [3.63, 3.8) is 0 Å². The first kappa shape index (κ1) is 19.0. The van der Waals surface area contributed by atoms with E-state index in [1.807, 2.05) is 12.1 Å². The lowest BCUT2D eigenvalue weighted by Gasteiger charge is -2.31. The van der Waals surface area contributed by atoms with E-state index in [1.165, 1.54) is 31.2 Å². The summed E-state index contributed by atoms with van der Waals surface area (Å²) < 4.78 is 11.2. The van der Waals surface area contributed by atoms with Crippen molar-refractivity contribution in [1.82, 2.24) is 10.2 Å². The molecule has 1 fully saturated rings. The van der Waals surface area contributed by atoms with Gasteiger partial charge in [0.1, 0.15) is 5.75 Å². The number of halogens is 1. The number of nitrogens with zero attached hydrogens (tertiary/aromatic N) is 1. The monoisotopic (exact) mass is 420 g/mol. The van der Waals surface area contributed by atoms with E-state index in [-0.39, 0.29) is 11.9 Å². The van der Waals surface area contributed by atoms with E-state index in [9.17, 15) is 4.79 Å². The van der Waals surface area contributed by atoms with Crippen molar-refractivity contribution in [2.45, 2.75) is 31.7 Å². The van der Waals surface area contributed by atoms with Gasteiger partial charge in [-0.2, -0.15) is 0 Å². The molecule has 1 aliphatic heterocycles. The van der Waals surface area contributed by atoms with E-state index in [1.54, 1.807) is 19.2 Å². The molecule has 26 heavy (non-hydrogen) atoms. The Balaban J connectivity index is 1.74. The van der Waals surface area contributed by atoms with Crippen molar-refractivity contribution < 1.29 is 13.9 Å². The van der Waals surface area contributed by atoms with E-state index >= 15 is 0 Å². The van der Waals surface area contributed by atoms with Crippen LogP contribution in [0.3, 0.4) is 0 Å². The molecule has 6 heteroatoms. The van der Waals surface area contributed by atoms with Crippen LogP contribution in [0.5, 0.6) is 5.75 Å². The number of hydrogen-bond acceptors (Lipinski definition) is 4. The third kappa shape index (κ3) is 4.89. The van der Waals surface area contributed by atoms with Gasteiger partial charge in [0, 0.05) is 6.54 Å². The highest BCUT2D eigenvalue weighted by Gasteiger charge is 2.23. The summed E-state index contributed by atoms with van der Waals surface area (Å²) in [6.45, 7) is 2.65. The normalized spacial score (nSPS) is 16.7. The standard InChI is InChI=1S/C20H25BrN2O3/c1-25-16-8-6-15(7-9-16)17(23-12-4-2-3-5-13-23)14-22-20(24)18-10-11-19(21)26-18/h6-11,17H,2-5,12-14H2,1H3,(H,22,24). The second-order valence-corrected chi connectivity index (χ2v) is 7.33. The van der Waals surface area contributed by atoms with Crippen LogP contribution in [0.4, 0.5) is 0 Å². The Kier molecular flexibility index (Phi) is 6.74. The Morgan fingerprint density at radius 1 is 1.15 bits per heavy atom. The zero-order valence-electron chi connectivity index (χ0n) is 15.0. The van der Waals surface area contributed by atoms with Gasteiger partial charge in [0.05, 0.1) is 13.2 Å². The molecule has 3 rings (SSSR count). The smallest absolute Gasteiger partial charge is 0.287 e. The minimum Gasteiger partial charge on any atom is -0.497 e. The minimum atomic E-state index is -0.191. The van der Waals surface area contributed by atoms with Crippen LogP contribution in [0.15, 0.2) is 45.5 Å². The van der Waals surface area contributed by atoms with E-state index in [2.05, 4.69) is 38.3 Å². The molecule has 0 bridgehead atoms. The number of carbonyl (C=O) groups excluding carboxylic acids is 1. The van der Waals surface area contributed by atoms with Crippen molar-refractivity contribution in [3.8, 4) is 5.75 Å². The molecule has 2 heterocycles. The van der Waals surface area contributed by atoms with Crippen LogP contribution in [0, 0.1) is 0 Å². The molecule has 0 radical (unpaired) electrons. The molecule has 2 aromatic rings. The maximum atomic E-state index is 12.4. The first-order chi connectivity index (χ1) is 12.7.